The zero-order valence-electron chi connectivity index (χ0n) is 9.93. The number of hydrogen-bond acceptors (Lipinski definition) is 3. The number of carbonyl (C=O) groups excluding carboxylic acids is 1. The summed E-state index contributed by atoms with van der Waals surface area (Å²) in [6.45, 7) is 2.06. The molecule has 0 saturated heterocycles. The van der Waals surface area contributed by atoms with Crippen molar-refractivity contribution in [2.45, 2.75) is 6.92 Å². The Bertz CT molecular complexity index is 625. The quantitative estimate of drug-likeness (QED) is 0.821. The minimum Gasteiger partial charge on any atom is -0.392 e. The highest BCUT2D eigenvalue weighted by Gasteiger charge is 2.11. The normalized spacial score (nSPS) is 10.3. The molecule has 2 rings (SSSR count). The third kappa shape index (κ3) is 2.62. The van der Waals surface area contributed by atoms with Crippen molar-refractivity contribution in [2.75, 3.05) is 6.54 Å². The smallest absolute Gasteiger partial charge is 0.252 e. The Balaban J connectivity index is 2.43. The number of aryl methyl sites for hydroxylation is 1. The van der Waals surface area contributed by atoms with E-state index in [1.54, 1.807) is 6.07 Å². The summed E-state index contributed by atoms with van der Waals surface area (Å²) in [5.41, 5.74) is 7.56. The molecule has 0 radical (unpaired) electrons. The first-order valence-electron chi connectivity index (χ1n) is 5.51. The fourth-order valence-electron chi connectivity index (χ4n) is 1.76. The minimum absolute atomic E-state index is 0.190. The predicted octanol–water partition coefficient (Wildman–Crippen LogP) is 1.56. The number of rotatable bonds is 3. The molecule has 18 heavy (non-hydrogen) atoms. The van der Waals surface area contributed by atoms with Gasteiger partial charge in [-0.3, -0.25) is 9.78 Å². The molecular formula is C13H13N3OS. The Morgan fingerprint density at radius 2 is 2.17 bits per heavy atom. The van der Waals surface area contributed by atoms with Crippen molar-refractivity contribution in [2.24, 2.45) is 5.73 Å². The van der Waals surface area contributed by atoms with E-state index in [2.05, 4.69) is 10.3 Å². The fraction of sp³-hybridized carbons (Fsp3) is 0.154. The number of aromatic nitrogens is 1. The Morgan fingerprint density at radius 3 is 2.89 bits per heavy atom. The Labute approximate surface area is 110 Å². The summed E-state index contributed by atoms with van der Waals surface area (Å²) in [7, 11) is 0. The molecule has 0 saturated carbocycles. The molecule has 0 aliphatic heterocycles. The topological polar surface area (TPSA) is 68.0 Å². The van der Waals surface area contributed by atoms with Crippen LogP contribution in [0.5, 0.6) is 0 Å². The number of hydrogen-bond donors (Lipinski definition) is 2. The standard InChI is InChI=1S/C13H13N3OS/c1-8-6-10(13(17)15-7-12(14)18)9-4-2-3-5-11(9)16-8/h2-6H,7H2,1H3,(H2,14,18)(H,15,17). The maximum atomic E-state index is 12.1. The van der Waals surface area contributed by atoms with Crippen LogP contribution in [0.4, 0.5) is 0 Å². The summed E-state index contributed by atoms with van der Waals surface area (Å²) < 4.78 is 0. The second-order valence-corrected chi connectivity index (χ2v) is 4.50. The molecular weight excluding hydrogens is 246 g/mol. The lowest BCUT2D eigenvalue weighted by Gasteiger charge is -2.08. The van der Waals surface area contributed by atoms with Crippen LogP contribution in [0.25, 0.3) is 10.9 Å². The van der Waals surface area contributed by atoms with E-state index in [4.69, 9.17) is 18.0 Å². The largest absolute Gasteiger partial charge is 0.392 e. The molecule has 3 N–H and O–H groups in total. The van der Waals surface area contributed by atoms with Gasteiger partial charge in [-0.05, 0) is 19.1 Å². The predicted molar refractivity (Wildman–Crippen MR) is 75.6 cm³/mol. The van der Waals surface area contributed by atoms with Crippen LogP contribution in [0, 0.1) is 6.92 Å². The summed E-state index contributed by atoms with van der Waals surface area (Å²) in [4.78, 5) is 16.7. The molecule has 1 aromatic heterocycles. The lowest BCUT2D eigenvalue weighted by Crippen LogP contribution is -2.32. The van der Waals surface area contributed by atoms with E-state index in [1.165, 1.54) is 0 Å². The maximum absolute atomic E-state index is 12.1. The molecule has 0 unspecified atom stereocenters. The van der Waals surface area contributed by atoms with Crippen LogP contribution in [0.15, 0.2) is 30.3 Å². The summed E-state index contributed by atoms with van der Waals surface area (Å²) in [5, 5.41) is 3.51. The van der Waals surface area contributed by atoms with Gasteiger partial charge in [0, 0.05) is 11.1 Å². The van der Waals surface area contributed by atoms with Crippen LogP contribution >= 0.6 is 12.2 Å². The van der Waals surface area contributed by atoms with E-state index in [9.17, 15) is 4.79 Å². The van der Waals surface area contributed by atoms with E-state index in [1.807, 2.05) is 31.2 Å². The molecule has 0 spiro atoms. The highest BCUT2D eigenvalue weighted by atomic mass is 32.1. The number of fused-ring (bicyclic) bond motifs is 1. The zero-order chi connectivity index (χ0) is 13.1. The van der Waals surface area contributed by atoms with Gasteiger partial charge in [0.2, 0.25) is 0 Å². The number of pyridine rings is 1. The number of nitrogens with zero attached hydrogens (tertiary/aromatic N) is 1. The second-order valence-electron chi connectivity index (χ2n) is 3.98. The molecule has 92 valence electrons. The van der Waals surface area contributed by atoms with Crippen molar-refractivity contribution in [3.8, 4) is 0 Å². The molecule has 1 amide bonds. The van der Waals surface area contributed by atoms with E-state index in [0.717, 1.165) is 16.6 Å². The Kier molecular flexibility index (Phi) is 3.53. The number of carbonyl (C=O) groups is 1. The van der Waals surface area contributed by atoms with Crippen LogP contribution in [0.1, 0.15) is 16.1 Å². The lowest BCUT2D eigenvalue weighted by atomic mass is 10.1. The Morgan fingerprint density at radius 1 is 1.44 bits per heavy atom. The molecule has 0 aliphatic rings. The van der Waals surface area contributed by atoms with Crippen molar-refractivity contribution in [3.63, 3.8) is 0 Å². The molecule has 0 atom stereocenters. The summed E-state index contributed by atoms with van der Waals surface area (Å²) >= 11 is 4.74. The summed E-state index contributed by atoms with van der Waals surface area (Å²) in [6.07, 6.45) is 0. The average Bonchev–Trinajstić information content (AvgIpc) is 2.34. The van der Waals surface area contributed by atoms with Crippen LogP contribution in [-0.2, 0) is 0 Å². The van der Waals surface area contributed by atoms with Gasteiger partial charge in [-0.25, -0.2) is 0 Å². The average molecular weight is 259 g/mol. The fourth-order valence-corrected chi connectivity index (χ4v) is 1.83. The monoisotopic (exact) mass is 259 g/mol. The van der Waals surface area contributed by atoms with Gasteiger partial charge < -0.3 is 11.1 Å². The summed E-state index contributed by atoms with van der Waals surface area (Å²) in [6, 6.07) is 9.29. The maximum Gasteiger partial charge on any atom is 0.252 e. The molecule has 1 heterocycles. The van der Waals surface area contributed by atoms with E-state index in [0.29, 0.717) is 5.56 Å². The molecule has 4 nitrogen and oxygen atoms in total. The number of para-hydroxylation sites is 1. The molecule has 2 aromatic rings. The van der Waals surface area contributed by atoms with Gasteiger partial charge in [0.15, 0.2) is 0 Å². The van der Waals surface area contributed by atoms with Gasteiger partial charge in [0.1, 0.15) is 0 Å². The number of nitrogens with one attached hydrogen (secondary N) is 1. The zero-order valence-corrected chi connectivity index (χ0v) is 10.8. The number of amides is 1. The van der Waals surface area contributed by atoms with Gasteiger partial charge in [-0.2, -0.15) is 0 Å². The Hall–Kier alpha value is -2.01. The molecule has 0 bridgehead atoms. The van der Waals surface area contributed by atoms with Crippen LogP contribution < -0.4 is 11.1 Å². The highest BCUT2D eigenvalue weighted by Crippen LogP contribution is 2.17. The first-order valence-corrected chi connectivity index (χ1v) is 5.91. The van der Waals surface area contributed by atoms with Crippen LogP contribution in [0.2, 0.25) is 0 Å². The van der Waals surface area contributed by atoms with Crippen molar-refractivity contribution in [1.29, 1.82) is 0 Å². The minimum atomic E-state index is -0.190. The van der Waals surface area contributed by atoms with Gasteiger partial charge in [-0.15, -0.1) is 0 Å². The van der Waals surface area contributed by atoms with Gasteiger partial charge in [-0.1, -0.05) is 30.4 Å². The first-order chi connectivity index (χ1) is 8.58. The summed E-state index contributed by atoms with van der Waals surface area (Å²) in [5.74, 6) is -0.190. The van der Waals surface area contributed by atoms with Gasteiger partial charge in [0.05, 0.1) is 22.6 Å². The number of nitrogens with two attached hydrogens (primary N) is 1. The van der Waals surface area contributed by atoms with E-state index >= 15 is 0 Å². The highest BCUT2D eigenvalue weighted by molar-refractivity contribution is 7.80. The van der Waals surface area contributed by atoms with E-state index in [-0.39, 0.29) is 17.4 Å². The second kappa shape index (κ2) is 5.10. The third-order valence-electron chi connectivity index (χ3n) is 2.51. The van der Waals surface area contributed by atoms with Crippen molar-refractivity contribution < 1.29 is 4.79 Å². The number of benzene rings is 1. The first kappa shape index (κ1) is 12.4. The van der Waals surface area contributed by atoms with Gasteiger partial charge in [0.25, 0.3) is 5.91 Å². The molecule has 0 aliphatic carbocycles. The SMILES string of the molecule is Cc1cc(C(=O)NCC(N)=S)c2ccccc2n1. The lowest BCUT2D eigenvalue weighted by molar-refractivity contribution is 0.0961. The van der Waals surface area contributed by atoms with Crippen LogP contribution in [0.3, 0.4) is 0 Å². The third-order valence-corrected chi connectivity index (χ3v) is 2.66. The van der Waals surface area contributed by atoms with Crippen molar-refractivity contribution in [1.82, 2.24) is 10.3 Å². The number of thiocarbonyl (C=S) groups is 1. The van der Waals surface area contributed by atoms with Crippen LogP contribution in [-0.4, -0.2) is 22.4 Å². The van der Waals surface area contributed by atoms with Crippen molar-refractivity contribution in [3.05, 3.63) is 41.6 Å². The van der Waals surface area contributed by atoms with Gasteiger partial charge >= 0.3 is 0 Å². The molecule has 0 fully saturated rings. The molecule has 5 heteroatoms. The van der Waals surface area contributed by atoms with Crippen molar-refractivity contribution >= 4 is 34.0 Å². The van der Waals surface area contributed by atoms with E-state index < -0.39 is 0 Å². The molecule has 1 aromatic carbocycles.